The number of hydrogen-bond donors (Lipinski definition) is 0. The molecule has 88 valence electrons. The van der Waals surface area contributed by atoms with Gasteiger partial charge in [0.15, 0.2) is 0 Å². The average Bonchev–Trinajstić information content (AvgIpc) is 2.20. The molecule has 0 saturated heterocycles. The van der Waals surface area contributed by atoms with Crippen molar-refractivity contribution in [1.82, 2.24) is 4.90 Å². The molecule has 0 amide bonds. The molecule has 0 rings (SSSR count). The minimum absolute atomic E-state index is 0.448. The van der Waals surface area contributed by atoms with Gasteiger partial charge in [0.1, 0.15) is 0 Å². The Morgan fingerprint density at radius 3 is 2.13 bits per heavy atom. The first kappa shape index (κ1) is 16.4. The molecule has 0 radical (unpaired) electrons. The predicted octanol–water partition coefficient (Wildman–Crippen LogP) is 3.81. The summed E-state index contributed by atoms with van der Waals surface area (Å²) in [5.41, 5.74) is 8.21. The Labute approximate surface area is 93.6 Å². The van der Waals surface area contributed by atoms with Crippen molar-refractivity contribution in [3.63, 3.8) is 0 Å². The molecule has 0 unspecified atom stereocenters. The quantitative estimate of drug-likeness (QED) is 0.286. The maximum absolute atomic E-state index is 8.21. The van der Waals surface area contributed by atoms with Crippen LogP contribution >= 0.6 is 0 Å². The summed E-state index contributed by atoms with van der Waals surface area (Å²) in [6.07, 6.45) is 1.15. The van der Waals surface area contributed by atoms with Gasteiger partial charge < -0.3 is 0 Å². The van der Waals surface area contributed by atoms with Gasteiger partial charge in [0.25, 0.3) is 0 Å². The van der Waals surface area contributed by atoms with Crippen LogP contribution in [0.1, 0.15) is 34.1 Å². The Bertz CT molecular complexity index is 183. The van der Waals surface area contributed by atoms with Crippen molar-refractivity contribution in [2.24, 2.45) is 11.0 Å². The van der Waals surface area contributed by atoms with E-state index in [1.165, 1.54) is 0 Å². The second-order valence-corrected chi connectivity index (χ2v) is 3.96. The zero-order valence-electron chi connectivity index (χ0n) is 10.5. The first-order valence-electron chi connectivity index (χ1n) is 5.32. The van der Waals surface area contributed by atoms with Crippen LogP contribution in [0.4, 0.5) is 0 Å². The minimum Gasteiger partial charge on any atom is -0.295 e. The summed E-state index contributed by atoms with van der Waals surface area (Å²) in [5.74, 6) is 0.701. The van der Waals surface area contributed by atoms with E-state index < -0.39 is 0 Å². The third-order valence-electron chi connectivity index (χ3n) is 2.03. The Morgan fingerprint density at radius 1 is 1.27 bits per heavy atom. The van der Waals surface area contributed by atoms with Gasteiger partial charge in [-0.2, -0.15) is 0 Å². The van der Waals surface area contributed by atoms with Gasteiger partial charge in [-0.1, -0.05) is 19.0 Å². The topological polar surface area (TPSA) is 52.0 Å². The molecule has 0 aliphatic carbocycles. The fourth-order valence-electron chi connectivity index (χ4n) is 1.03. The van der Waals surface area contributed by atoms with Crippen molar-refractivity contribution < 1.29 is 0 Å². The smallest absolute Gasteiger partial charge is 0.0776 e. The van der Waals surface area contributed by atoms with Crippen molar-refractivity contribution in [2.75, 3.05) is 13.2 Å². The molecular formula is C11H24N4. The molecule has 0 fully saturated rings. The zero-order valence-corrected chi connectivity index (χ0v) is 10.5. The highest BCUT2D eigenvalue weighted by Crippen LogP contribution is 2.05. The fraction of sp³-hybridized carbons (Fsp3) is 0.818. The van der Waals surface area contributed by atoms with Crippen LogP contribution in [0.25, 0.3) is 10.4 Å². The molecule has 0 aliphatic rings. The predicted molar refractivity (Wildman–Crippen MR) is 66.6 cm³/mol. The molecule has 0 aromatic heterocycles. The van der Waals surface area contributed by atoms with Gasteiger partial charge in [-0.15, -0.1) is 13.2 Å². The summed E-state index contributed by atoms with van der Waals surface area (Å²) < 4.78 is 0. The first-order valence-corrected chi connectivity index (χ1v) is 5.32. The standard InChI is InChI=1S/C9H20N4.C2H4/c1-8(2)5-6-13(9(3)4)7-11-12-10;1-2/h8-9H,5-7H2,1-4H3;1-2H2. The summed E-state index contributed by atoms with van der Waals surface area (Å²) in [7, 11) is 0. The maximum atomic E-state index is 8.21. The SMILES string of the molecule is C=C.CC(C)CCN(CN=[N+]=[N-])C(C)C. The number of azide groups is 1. The molecule has 15 heavy (non-hydrogen) atoms. The highest BCUT2D eigenvalue weighted by atomic mass is 15.3. The zero-order chi connectivity index (χ0) is 12.3. The molecular weight excluding hydrogens is 188 g/mol. The largest absolute Gasteiger partial charge is 0.295 e. The summed E-state index contributed by atoms with van der Waals surface area (Å²) in [4.78, 5) is 4.95. The van der Waals surface area contributed by atoms with Crippen LogP contribution in [-0.2, 0) is 0 Å². The third-order valence-corrected chi connectivity index (χ3v) is 2.03. The number of hydrogen-bond acceptors (Lipinski definition) is 2. The molecule has 0 aliphatic heterocycles. The number of nitrogens with zero attached hydrogens (tertiary/aromatic N) is 4. The lowest BCUT2D eigenvalue weighted by atomic mass is 10.1. The summed E-state index contributed by atoms with van der Waals surface area (Å²) in [6.45, 7) is 16.1. The maximum Gasteiger partial charge on any atom is 0.0776 e. The van der Waals surface area contributed by atoms with Crippen LogP contribution in [0.2, 0.25) is 0 Å². The second-order valence-electron chi connectivity index (χ2n) is 3.96. The molecule has 4 nitrogen and oxygen atoms in total. The number of rotatable bonds is 6. The first-order chi connectivity index (χ1) is 7.07. The Morgan fingerprint density at radius 2 is 1.80 bits per heavy atom. The van der Waals surface area contributed by atoms with E-state index in [9.17, 15) is 0 Å². The van der Waals surface area contributed by atoms with E-state index in [4.69, 9.17) is 5.53 Å². The van der Waals surface area contributed by atoms with Gasteiger partial charge in [0.05, 0.1) is 6.67 Å². The molecule has 0 aromatic rings. The molecule has 0 N–H and O–H groups in total. The summed E-state index contributed by atoms with van der Waals surface area (Å²) in [5, 5.41) is 3.58. The van der Waals surface area contributed by atoms with Gasteiger partial charge in [0.2, 0.25) is 0 Å². The summed E-state index contributed by atoms with van der Waals surface area (Å²) >= 11 is 0. The highest BCUT2D eigenvalue weighted by molar-refractivity contribution is 4.62. The van der Waals surface area contributed by atoms with Crippen LogP contribution < -0.4 is 0 Å². The fourth-order valence-corrected chi connectivity index (χ4v) is 1.03. The molecule has 4 heteroatoms. The molecule has 0 bridgehead atoms. The van der Waals surface area contributed by atoms with Crippen LogP contribution in [0.5, 0.6) is 0 Å². The van der Waals surface area contributed by atoms with Crippen LogP contribution in [0.15, 0.2) is 18.3 Å². The van der Waals surface area contributed by atoms with E-state index in [0.29, 0.717) is 18.6 Å². The van der Waals surface area contributed by atoms with E-state index >= 15 is 0 Å². The minimum atomic E-state index is 0.448. The Kier molecular flexibility index (Phi) is 12.2. The van der Waals surface area contributed by atoms with Gasteiger partial charge in [-0.3, -0.25) is 4.90 Å². The van der Waals surface area contributed by atoms with Crippen molar-refractivity contribution >= 4 is 0 Å². The second kappa shape index (κ2) is 11.1. The van der Waals surface area contributed by atoms with Gasteiger partial charge >= 0.3 is 0 Å². The Balaban J connectivity index is 0. The third kappa shape index (κ3) is 10.9. The van der Waals surface area contributed by atoms with E-state index in [2.05, 4.69) is 55.8 Å². The van der Waals surface area contributed by atoms with Crippen LogP contribution in [0, 0.1) is 5.92 Å². The molecule has 0 atom stereocenters. The Hall–Kier alpha value is -0.990. The summed E-state index contributed by atoms with van der Waals surface area (Å²) in [6, 6.07) is 0.448. The van der Waals surface area contributed by atoms with E-state index in [1.54, 1.807) is 0 Å². The molecule has 0 aromatic carbocycles. The molecule has 0 heterocycles. The normalized spacial score (nSPS) is 9.80. The molecule has 0 spiro atoms. The van der Waals surface area contributed by atoms with Crippen LogP contribution in [0.3, 0.4) is 0 Å². The van der Waals surface area contributed by atoms with Crippen LogP contribution in [-0.4, -0.2) is 24.2 Å². The van der Waals surface area contributed by atoms with Crippen molar-refractivity contribution in [2.45, 2.75) is 40.2 Å². The lowest BCUT2D eigenvalue weighted by Crippen LogP contribution is -2.32. The van der Waals surface area contributed by atoms with Gasteiger partial charge in [0, 0.05) is 11.0 Å². The van der Waals surface area contributed by atoms with Crippen molar-refractivity contribution in [3.05, 3.63) is 23.6 Å². The van der Waals surface area contributed by atoms with Crippen molar-refractivity contribution in [1.29, 1.82) is 0 Å². The highest BCUT2D eigenvalue weighted by Gasteiger charge is 2.08. The lowest BCUT2D eigenvalue weighted by molar-refractivity contribution is 0.215. The van der Waals surface area contributed by atoms with Gasteiger partial charge in [-0.05, 0) is 38.3 Å². The molecule has 0 saturated carbocycles. The van der Waals surface area contributed by atoms with E-state index in [1.807, 2.05) is 0 Å². The van der Waals surface area contributed by atoms with E-state index in [0.717, 1.165) is 13.0 Å². The lowest BCUT2D eigenvalue weighted by Gasteiger charge is -2.24. The van der Waals surface area contributed by atoms with Crippen molar-refractivity contribution in [3.8, 4) is 0 Å². The van der Waals surface area contributed by atoms with E-state index in [-0.39, 0.29) is 0 Å². The average molecular weight is 212 g/mol. The monoisotopic (exact) mass is 212 g/mol. The van der Waals surface area contributed by atoms with Gasteiger partial charge in [-0.25, -0.2) is 0 Å².